The number of aryl methyl sites for hydroxylation is 1. The molecular formula is C26H36N2O2. The van der Waals surface area contributed by atoms with Gasteiger partial charge in [0, 0.05) is 13.0 Å². The van der Waals surface area contributed by atoms with Crippen LogP contribution in [0.15, 0.2) is 42.5 Å². The second-order valence-corrected chi connectivity index (χ2v) is 8.01. The summed E-state index contributed by atoms with van der Waals surface area (Å²) in [5, 5.41) is 0. The van der Waals surface area contributed by atoms with E-state index in [2.05, 4.69) is 47.9 Å². The lowest BCUT2D eigenvalue weighted by molar-refractivity contribution is 0.354. The number of rotatable bonds is 13. The Kier molecular flexibility index (Phi) is 8.61. The molecule has 4 heteroatoms. The molecule has 4 nitrogen and oxygen atoms in total. The summed E-state index contributed by atoms with van der Waals surface area (Å²) in [7, 11) is 3.35. The van der Waals surface area contributed by atoms with Crippen LogP contribution in [0.4, 0.5) is 0 Å². The maximum atomic E-state index is 5.48. The average molecular weight is 409 g/mol. The van der Waals surface area contributed by atoms with Crippen LogP contribution in [0.2, 0.25) is 0 Å². The van der Waals surface area contributed by atoms with Crippen LogP contribution in [0, 0.1) is 0 Å². The number of unbranched alkanes of at least 4 members (excludes halogenated alkanes) is 7. The molecule has 0 unspecified atom stereocenters. The highest BCUT2D eigenvalue weighted by atomic mass is 16.5. The third kappa shape index (κ3) is 5.78. The molecule has 2 aromatic carbocycles. The van der Waals surface area contributed by atoms with Gasteiger partial charge in [-0.15, -0.1) is 0 Å². The molecule has 0 aliphatic heterocycles. The van der Waals surface area contributed by atoms with E-state index in [1.807, 2.05) is 6.07 Å². The van der Waals surface area contributed by atoms with Crippen molar-refractivity contribution in [1.29, 1.82) is 0 Å². The van der Waals surface area contributed by atoms with Crippen LogP contribution < -0.4 is 9.47 Å². The van der Waals surface area contributed by atoms with Gasteiger partial charge in [-0.2, -0.15) is 0 Å². The van der Waals surface area contributed by atoms with Gasteiger partial charge in [0.2, 0.25) is 0 Å². The monoisotopic (exact) mass is 408 g/mol. The molecule has 0 saturated carbocycles. The number of fused-ring (bicyclic) bond motifs is 1. The van der Waals surface area contributed by atoms with Gasteiger partial charge >= 0.3 is 0 Å². The van der Waals surface area contributed by atoms with Gasteiger partial charge in [-0.1, -0.05) is 70.1 Å². The minimum Gasteiger partial charge on any atom is -0.493 e. The average Bonchev–Trinajstić information content (AvgIpc) is 3.12. The first kappa shape index (κ1) is 22.2. The normalized spacial score (nSPS) is 11.2. The van der Waals surface area contributed by atoms with Gasteiger partial charge in [0.1, 0.15) is 5.82 Å². The number of ether oxygens (including phenoxy) is 2. The highest BCUT2D eigenvalue weighted by Crippen LogP contribution is 2.29. The Hall–Kier alpha value is -2.49. The van der Waals surface area contributed by atoms with Crippen molar-refractivity contribution in [3.63, 3.8) is 0 Å². The summed E-state index contributed by atoms with van der Waals surface area (Å²) in [6.07, 6.45) is 11.4. The summed E-state index contributed by atoms with van der Waals surface area (Å²) >= 11 is 0. The molecule has 0 spiro atoms. The van der Waals surface area contributed by atoms with Crippen molar-refractivity contribution in [3.05, 3.63) is 53.9 Å². The molecule has 30 heavy (non-hydrogen) atoms. The van der Waals surface area contributed by atoms with Crippen molar-refractivity contribution in [2.45, 2.75) is 71.3 Å². The summed E-state index contributed by atoms with van der Waals surface area (Å²) in [6.45, 7) is 3.30. The third-order valence-electron chi connectivity index (χ3n) is 5.78. The number of benzene rings is 2. The second-order valence-electron chi connectivity index (χ2n) is 8.01. The van der Waals surface area contributed by atoms with Crippen molar-refractivity contribution in [2.24, 2.45) is 0 Å². The first-order valence-corrected chi connectivity index (χ1v) is 11.4. The smallest absolute Gasteiger partial charge is 0.161 e. The Balaban J connectivity index is 1.68. The maximum absolute atomic E-state index is 5.48. The topological polar surface area (TPSA) is 36.3 Å². The van der Waals surface area contributed by atoms with Crippen molar-refractivity contribution in [2.75, 3.05) is 14.2 Å². The number of para-hydroxylation sites is 2. The van der Waals surface area contributed by atoms with Gasteiger partial charge in [0.25, 0.3) is 0 Å². The van der Waals surface area contributed by atoms with E-state index in [0.717, 1.165) is 35.8 Å². The lowest BCUT2D eigenvalue weighted by Gasteiger charge is -2.12. The van der Waals surface area contributed by atoms with E-state index in [0.29, 0.717) is 0 Å². The van der Waals surface area contributed by atoms with Gasteiger partial charge in [0.05, 0.1) is 25.3 Å². The quantitative estimate of drug-likeness (QED) is 0.292. The van der Waals surface area contributed by atoms with Crippen LogP contribution in [-0.2, 0) is 13.0 Å². The molecule has 1 aromatic heterocycles. The minimum atomic E-state index is 0.758. The van der Waals surface area contributed by atoms with Gasteiger partial charge in [0.15, 0.2) is 11.5 Å². The molecule has 0 aliphatic carbocycles. The predicted octanol–water partition coefficient (Wildman–Crippen LogP) is 6.79. The Labute approximate surface area is 181 Å². The van der Waals surface area contributed by atoms with E-state index in [-0.39, 0.29) is 0 Å². The first-order valence-electron chi connectivity index (χ1n) is 11.4. The largest absolute Gasteiger partial charge is 0.493 e. The van der Waals surface area contributed by atoms with E-state index < -0.39 is 0 Å². The number of hydrogen-bond donors (Lipinski definition) is 0. The highest BCUT2D eigenvalue weighted by molar-refractivity contribution is 5.76. The van der Waals surface area contributed by atoms with Crippen molar-refractivity contribution in [3.8, 4) is 11.5 Å². The lowest BCUT2D eigenvalue weighted by Crippen LogP contribution is -2.05. The Morgan fingerprint density at radius 2 is 1.50 bits per heavy atom. The standard InChI is InChI=1S/C26H36N2O2/c1-4-5-6-7-8-9-10-13-18-28-23-15-12-11-14-22(23)27-26(28)20-21-16-17-24(29-2)25(19-21)30-3/h11-12,14-17,19H,4-10,13,18,20H2,1-3H3. The molecule has 0 saturated heterocycles. The van der Waals surface area contributed by atoms with Gasteiger partial charge in [-0.25, -0.2) is 4.98 Å². The van der Waals surface area contributed by atoms with Crippen LogP contribution in [0.3, 0.4) is 0 Å². The summed E-state index contributed by atoms with van der Waals surface area (Å²) < 4.78 is 13.3. The number of nitrogens with zero attached hydrogens (tertiary/aromatic N) is 2. The number of methoxy groups -OCH3 is 2. The van der Waals surface area contributed by atoms with Crippen LogP contribution >= 0.6 is 0 Å². The fourth-order valence-electron chi connectivity index (χ4n) is 4.09. The molecule has 0 atom stereocenters. The molecule has 0 aliphatic rings. The Bertz CT molecular complexity index is 917. The van der Waals surface area contributed by atoms with E-state index in [4.69, 9.17) is 14.5 Å². The molecular weight excluding hydrogens is 372 g/mol. The zero-order chi connectivity index (χ0) is 21.2. The van der Waals surface area contributed by atoms with Crippen LogP contribution in [0.25, 0.3) is 11.0 Å². The molecule has 162 valence electrons. The molecule has 0 N–H and O–H groups in total. The summed E-state index contributed by atoms with van der Waals surface area (Å²) in [4.78, 5) is 4.95. The summed E-state index contributed by atoms with van der Waals surface area (Å²) in [5.74, 6) is 2.64. The van der Waals surface area contributed by atoms with Crippen LogP contribution in [0.5, 0.6) is 11.5 Å². The fraction of sp³-hybridized carbons (Fsp3) is 0.500. The Morgan fingerprint density at radius 1 is 0.800 bits per heavy atom. The molecule has 0 amide bonds. The molecule has 1 heterocycles. The van der Waals surface area contributed by atoms with E-state index in [1.54, 1.807) is 14.2 Å². The molecule has 0 fully saturated rings. The van der Waals surface area contributed by atoms with Gasteiger partial charge in [-0.3, -0.25) is 0 Å². The van der Waals surface area contributed by atoms with Crippen LogP contribution in [0.1, 0.15) is 69.7 Å². The van der Waals surface area contributed by atoms with Gasteiger partial charge < -0.3 is 14.0 Å². The number of hydrogen-bond acceptors (Lipinski definition) is 3. The molecule has 3 rings (SSSR count). The van der Waals surface area contributed by atoms with E-state index >= 15 is 0 Å². The number of aromatic nitrogens is 2. The second kappa shape index (κ2) is 11.6. The van der Waals surface area contributed by atoms with Crippen molar-refractivity contribution in [1.82, 2.24) is 9.55 Å². The third-order valence-corrected chi connectivity index (χ3v) is 5.78. The number of imidazole rings is 1. The van der Waals surface area contributed by atoms with Crippen LogP contribution in [-0.4, -0.2) is 23.8 Å². The van der Waals surface area contributed by atoms with Crippen molar-refractivity contribution >= 4 is 11.0 Å². The molecule has 0 radical (unpaired) electrons. The summed E-state index contributed by atoms with van der Waals surface area (Å²) in [6, 6.07) is 14.6. The van der Waals surface area contributed by atoms with E-state index in [9.17, 15) is 0 Å². The van der Waals surface area contributed by atoms with E-state index in [1.165, 1.54) is 62.4 Å². The fourth-order valence-corrected chi connectivity index (χ4v) is 4.09. The van der Waals surface area contributed by atoms with Gasteiger partial charge in [-0.05, 0) is 36.2 Å². The van der Waals surface area contributed by atoms with Crippen molar-refractivity contribution < 1.29 is 9.47 Å². The predicted molar refractivity (Wildman–Crippen MR) is 125 cm³/mol. The maximum Gasteiger partial charge on any atom is 0.161 e. The molecule has 0 bridgehead atoms. The molecule has 3 aromatic rings. The zero-order valence-electron chi connectivity index (χ0n) is 18.8. The summed E-state index contributed by atoms with van der Waals surface area (Å²) in [5.41, 5.74) is 3.49. The zero-order valence-corrected chi connectivity index (χ0v) is 18.8. The lowest BCUT2D eigenvalue weighted by atomic mass is 10.1. The SMILES string of the molecule is CCCCCCCCCCn1c(Cc2ccc(OC)c(OC)c2)nc2ccccc21. The minimum absolute atomic E-state index is 0.758. The first-order chi connectivity index (χ1) is 14.8. The Morgan fingerprint density at radius 3 is 2.23 bits per heavy atom. The highest BCUT2D eigenvalue weighted by Gasteiger charge is 2.12.